The van der Waals surface area contributed by atoms with Gasteiger partial charge in [0.05, 0.1) is 12.4 Å². The van der Waals surface area contributed by atoms with Crippen LogP contribution in [0.3, 0.4) is 0 Å². The predicted octanol–water partition coefficient (Wildman–Crippen LogP) is 1.16. The topological polar surface area (TPSA) is 53.4 Å². The van der Waals surface area contributed by atoms with E-state index < -0.39 is 0 Å². The molecule has 0 saturated carbocycles. The first kappa shape index (κ1) is 14.0. The Hall–Kier alpha value is -1.07. The number of pyridine rings is 1. The highest BCUT2D eigenvalue weighted by Crippen LogP contribution is 2.11. The number of aliphatic hydroxyl groups excluding tert-OH is 1. The van der Waals surface area contributed by atoms with Crippen LogP contribution in [0.4, 0.5) is 0 Å². The third-order valence-electron chi connectivity index (χ3n) is 2.32. The summed E-state index contributed by atoms with van der Waals surface area (Å²) in [6, 6.07) is 3.89. The van der Waals surface area contributed by atoms with Crippen molar-refractivity contribution in [3.8, 4) is 0 Å². The Kier molecular flexibility index (Phi) is 6.65. The minimum atomic E-state index is 0.0207. The molecule has 0 spiro atoms. The molecule has 0 unspecified atom stereocenters. The van der Waals surface area contributed by atoms with Crippen molar-refractivity contribution in [2.24, 2.45) is 0 Å². The molecule has 5 heteroatoms. The largest absolute Gasteiger partial charge is 0.395 e. The summed E-state index contributed by atoms with van der Waals surface area (Å²) < 4.78 is 0. The van der Waals surface area contributed by atoms with E-state index in [-0.39, 0.29) is 12.5 Å². The fourth-order valence-electron chi connectivity index (χ4n) is 1.41. The van der Waals surface area contributed by atoms with E-state index in [0.29, 0.717) is 18.8 Å². The van der Waals surface area contributed by atoms with E-state index in [1.807, 2.05) is 25.3 Å². The van der Waals surface area contributed by atoms with E-state index in [9.17, 15) is 4.79 Å². The molecular formula is C12H18N2O2S. The Morgan fingerprint density at radius 2 is 2.41 bits per heavy atom. The van der Waals surface area contributed by atoms with Gasteiger partial charge in [-0.15, -0.1) is 11.8 Å². The number of hydrogen-bond acceptors (Lipinski definition) is 4. The van der Waals surface area contributed by atoms with Gasteiger partial charge in [-0.25, -0.2) is 0 Å². The number of carbonyl (C=O) groups is 1. The maximum Gasteiger partial charge on any atom is 0.232 e. The van der Waals surface area contributed by atoms with Gasteiger partial charge >= 0.3 is 0 Å². The minimum Gasteiger partial charge on any atom is -0.395 e. The van der Waals surface area contributed by atoms with Gasteiger partial charge in [0, 0.05) is 31.2 Å². The van der Waals surface area contributed by atoms with Crippen molar-refractivity contribution in [3.05, 3.63) is 30.1 Å². The average molecular weight is 254 g/mol. The number of thioether (sulfide) groups is 1. The highest BCUT2D eigenvalue weighted by molar-refractivity contribution is 7.99. The molecule has 1 rings (SSSR count). The number of hydrogen-bond donors (Lipinski definition) is 1. The summed E-state index contributed by atoms with van der Waals surface area (Å²) >= 11 is 1.57. The maximum absolute atomic E-state index is 11.7. The van der Waals surface area contributed by atoms with E-state index in [0.717, 1.165) is 11.3 Å². The molecule has 17 heavy (non-hydrogen) atoms. The minimum absolute atomic E-state index is 0.0207. The summed E-state index contributed by atoms with van der Waals surface area (Å²) in [4.78, 5) is 17.4. The second-order valence-electron chi connectivity index (χ2n) is 3.55. The van der Waals surface area contributed by atoms with Crippen molar-refractivity contribution in [1.29, 1.82) is 0 Å². The van der Waals surface area contributed by atoms with Crippen LogP contribution in [0.15, 0.2) is 24.5 Å². The van der Waals surface area contributed by atoms with Crippen LogP contribution < -0.4 is 0 Å². The van der Waals surface area contributed by atoms with Gasteiger partial charge in [0.25, 0.3) is 0 Å². The first-order valence-corrected chi connectivity index (χ1v) is 6.78. The zero-order valence-electron chi connectivity index (χ0n) is 10.0. The summed E-state index contributed by atoms with van der Waals surface area (Å²) in [6.07, 6.45) is 3.54. The summed E-state index contributed by atoms with van der Waals surface area (Å²) in [5, 5.41) is 8.81. The molecule has 1 heterocycles. The lowest BCUT2D eigenvalue weighted by Gasteiger charge is -2.19. The molecule has 0 aliphatic rings. The van der Waals surface area contributed by atoms with Crippen LogP contribution >= 0.6 is 11.8 Å². The molecular weight excluding hydrogens is 236 g/mol. The Bertz CT molecular complexity index is 333. The van der Waals surface area contributed by atoms with Crippen molar-refractivity contribution >= 4 is 17.7 Å². The molecule has 1 aromatic rings. The van der Waals surface area contributed by atoms with Crippen LogP contribution in [0.2, 0.25) is 0 Å². The molecule has 94 valence electrons. The first-order valence-electron chi connectivity index (χ1n) is 5.63. The van der Waals surface area contributed by atoms with E-state index in [2.05, 4.69) is 4.98 Å². The smallest absolute Gasteiger partial charge is 0.232 e. The van der Waals surface area contributed by atoms with Crippen LogP contribution in [-0.4, -0.2) is 46.3 Å². The number of aromatic nitrogens is 1. The van der Waals surface area contributed by atoms with Crippen molar-refractivity contribution in [3.63, 3.8) is 0 Å². The van der Waals surface area contributed by atoms with Crippen LogP contribution in [0.1, 0.15) is 12.5 Å². The van der Waals surface area contributed by atoms with Crippen molar-refractivity contribution in [2.75, 3.05) is 25.4 Å². The number of amides is 1. The number of aliphatic hydroxyl groups is 1. The quantitative estimate of drug-likeness (QED) is 0.793. The standard InChI is InChI=1S/C12H18N2O2S/c1-2-14(6-7-15)12(16)10-17-9-11-4-3-5-13-8-11/h3-5,8,15H,2,6-7,9-10H2,1H3. The maximum atomic E-state index is 11.7. The van der Waals surface area contributed by atoms with E-state index in [1.54, 1.807) is 22.9 Å². The van der Waals surface area contributed by atoms with Crippen molar-refractivity contribution < 1.29 is 9.90 Å². The predicted molar refractivity (Wildman–Crippen MR) is 69.7 cm³/mol. The SMILES string of the molecule is CCN(CCO)C(=O)CSCc1cccnc1. The van der Waals surface area contributed by atoms with Crippen LogP contribution in [0, 0.1) is 0 Å². The summed E-state index contributed by atoms with van der Waals surface area (Å²) in [5.74, 6) is 1.31. The molecule has 0 aromatic carbocycles. The van der Waals surface area contributed by atoms with Crippen LogP contribution in [0.25, 0.3) is 0 Å². The normalized spacial score (nSPS) is 10.2. The lowest BCUT2D eigenvalue weighted by atomic mass is 10.3. The molecule has 1 amide bonds. The fraction of sp³-hybridized carbons (Fsp3) is 0.500. The van der Waals surface area contributed by atoms with Gasteiger partial charge in [0.15, 0.2) is 0 Å². The fourth-order valence-corrected chi connectivity index (χ4v) is 2.28. The Labute approximate surface area is 106 Å². The second kappa shape index (κ2) is 8.08. The molecule has 0 saturated heterocycles. The summed E-state index contributed by atoms with van der Waals surface area (Å²) in [6.45, 7) is 3.00. The lowest BCUT2D eigenvalue weighted by molar-refractivity contribution is -0.128. The zero-order valence-corrected chi connectivity index (χ0v) is 10.8. The summed E-state index contributed by atoms with van der Waals surface area (Å²) in [5.41, 5.74) is 1.12. The molecule has 0 aliphatic carbocycles. The Morgan fingerprint density at radius 3 is 3.00 bits per heavy atom. The molecule has 0 bridgehead atoms. The second-order valence-corrected chi connectivity index (χ2v) is 4.54. The number of rotatable bonds is 7. The Balaban J connectivity index is 2.28. The van der Waals surface area contributed by atoms with Crippen LogP contribution in [-0.2, 0) is 10.5 Å². The third kappa shape index (κ3) is 5.19. The average Bonchev–Trinajstić information content (AvgIpc) is 2.37. The third-order valence-corrected chi connectivity index (χ3v) is 3.31. The van der Waals surface area contributed by atoms with E-state index >= 15 is 0 Å². The van der Waals surface area contributed by atoms with Crippen LogP contribution in [0.5, 0.6) is 0 Å². The van der Waals surface area contributed by atoms with Gasteiger partial charge in [0.1, 0.15) is 0 Å². The van der Waals surface area contributed by atoms with E-state index in [4.69, 9.17) is 5.11 Å². The molecule has 0 atom stereocenters. The molecule has 1 N–H and O–H groups in total. The molecule has 4 nitrogen and oxygen atoms in total. The molecule has 0 aliphatic heterocycles. The highest BCUT2D eigenvalue weighted by Gasteiger charge is 2.10. The van der Waals surface area contributed by atoms with Crippen molar-refractivity contribution in [2.45, 2.75) is 12.7 Å². The first-order chi connectivity index (χ1) is 8.27. The number of nitrogens with zero attached hydrogens (tertiary/aromatic N) is 2. The van der Waals surface area contributed by atoms with E-state index in [1.165, 1.54) is 0 Å². The Morgan fingerprint density at radius 1 is 1.59 bits per heavy atom. The molecule has 0 radical (unpaired) electrons. The highest BCUT2D eigenvalue weighted by atomic mass is 32.2. The van der Waals surface area contributed by atoms with Gasteiger partial charge in [-0.3, -0.25) is 9.78 Å². The van der Waals surface area contributed by atoms with Gasteiger partial charge < -0.3 is 10.0 Å². The molecule has 0 fully saturated rings. The van der Waals surface area contributed by atoms with Gasteiger partial charge in [-0.05, 0) is 18.6 Å². The van der Waals surface area contributed by atoms with Gasteiger partial charge in [0.2, 0.25) is 5.91 Å². The van der Waals surface area contributed by atoms with Gasteiger partial charge in [-0.1, -0.05) is 6.07 Å². The van der Waals surface area contributed by atoms with Gasteiger partial charge in [-0.2, -0.15) is 0 Å². The zero-order chi connectivity index (χ0) is 12.5. The van der Waals surface area contributed by atoms with Crippen molar-refractivity contribution in [1.82, 2.24) is 9.88 Å². The number of likely N-dealkylation sites (N-methyl/N-ethyl adjacent to an activating group) is 1. The monoisotopic (exact) mass is 254 g/mol. The number of carbonyl (C=O) groups excluding carboxylic acids is 1. The lowest BCUT2D eigenvalue weighted by Crippen LogP contribution is -2.34. The summed E-state index contributed by atoms with van der Waals surface area (Å²) in [7, 11) is 0. The molecule has 1 aromatic heterocycles.